The molecule has 0 aromatic rings. The Morgan fingerprint density at radius 3 is 2.00 bits per heavy atom. The fraction of sp³-hybridized carbons (Fsp3) is 1.00. The average molecular weight is 197 g/mol. The summed E-state index contributed by atoms with van der Waals surface area (Å²) in [6.07, 6.45) is 7.29. The summed E-state index contributed by atoms with van der Waals surface area (Å²) in [7, 11) is 0. The summed E-state index contributed by atoms with van der Waals surface area (Å²) in [6, 6.07) is 0. The van der Waals surface area contributed by atoms with Crippen molar-refractivity contribution in [1.29, 1.82) is 0 Å². The van der Waals surface area contributed by atoms with E-state index in [1.807, 2.05) is 13.8 Å². The monoisotopic (exact) mass is 197 g/mol. The van der Waals surface area contributed by atoms with E-state index in [0.717, 1.165) is 5.92 Å². The SMILES string of the molecule is CC.CC(C)CC12CCCN1CCC2. The van der Waals surface area contributed by atoms with Gasteiger partial charge in [0.25, 0.3) is 0 Å². The molecule has 84 valence electrons. The van der Waals surface area contributed by atoms with Gasteiger partial charge >= 0.3 is 0 Å². The van der Waals surface area contributed by atoms with Crippen molar-refractivity contribution in [3.8, 4) is 0 Å². The lowest BCUT2D eigenvalue weighted by atomic mass is 9.85. The van der Waals surface area contributed by atoms with E-state index >= 15 is 0 Å². The molecule has 1 heteroatoms. The summed E-state index contributed by atoms with van der Waals surface area (Å²) < 4.78 is 0. The molecule has 2 aliphatic rings. The van der Waals surface area contributed by atoms with Crippen molar-refractivity contribution < 1.29 is 0 Å². The van der Waals surface area contributed by atoms with Crippen LogP contribution < -0.4 is 0 Å². The molecule has 2 fully saturated rings. The minimum Gasteiger partial charge on any atom is -0.298 e. The lowest BCUT2D eigenvalue weighted by molar-refractivity contribution is 0.163. The van der Waals surface area contributed by atoms with Gasteiger partial charge in [-0.05, 0) is 51.1 Å². The van der Waals surface area contributed by atoms with Crippen LogP contribution in [0.25, 0.3) is 0 Å². The van der Waals surface area contributed by atoms with Gasteiger partial charge in [-0.25, -0.2) is 0 Å². The molecule has 2 saturated heterocycles. The first kappa shape index (κ1) is 12.0. The van der Waals surface area contributed by atoms with Crippen molar-refractivity contribution in [3.05, 3.63) is 0 Å². The summed E-state index contributed by atoms with van der Waals surface area (Å²) in [4.78, 5) is 2.76. The molecule has 0 aliphatic carbocycles. The number of hydrogen-bond donors (Lipinski definition) is 0. The van der Waals surface area contributed by atoms with Crippen LogP contribution in [-0.2, 0) is 0 Å². The van der Waals surface area contributed by atoms with Crippen LogP contribution in [0.15, 0.2) is 0 Å². The van der Waals surface area contributed by atoms with Gasteiger partial charge in [0.05, 0.1) is 0 Å². The smallest absolute Gasteiger partial charge is 0.0213 e. The van der Waals surface area contributed by atoms with Crippen LogP contribution in [0, 0.1) is 5.92 Å². The maximum Gasteiger partial charge on any atom is 0.0213 e. The molecule has 0 unspecified atom stereocenters. The minimum atomic E-state index is 0.661. The third-order valence-electron chi connectivity index (χ3n) is 3.60. The molecule has 0 saturated carbocycles. The van der Waals surface area contributed by atoms with E-state index in [0.29, 0.717) is 5.54 Å². The molecule has 0 amide bonds. The molecule has 0 spiro atoms. The number of fused-ring (bicyclic) bond motifs is 1. The van der Waals surface area contributed by atoms with Gasteiger partial charge in [0.1, 0.15) is 0 Å². The van der Waals surface area contributed by atoms with E-state index in [9.17, 15) is 0 Å². The number of rotatable bonds is 2. The van der Waals surface area contributed by atoms with E-state index in [4.69, 9.17) is 0 Å². The maximum absolute atomic E-state index is 2.76. The van der Waals surface area contributed by atoms with Crippen molar-refractivity contribution in [3.63, 3.8) is 0 Å². The van der Waals surface area contributed by atoms with Gasteiger partial charge in [-0.1, -0.05) is 27.7 Å². The molecule has 0 aromatic heterocycles. The van der Waals surface area contributed by atoms with E-state index < -0.39 is 0 Å². The van der Waals surface area contributed by atoms with Crippen LogP contribution in [0.4, 0.5) is 0 Å². The molecule has 2 aliphatic heterocycles. The summed E-state index contributed by atoms with van der Waals surface area (Å²) in [5.41, 5.74) is 0.661. The second-order valence-corrected chi connectivity index (χ2v) is 5.02. The molecule has 0 aromatic carbocycles. The molecular formula is C13H27N. The Hall–Kier alpha value is -0.0400. The highest BCUT2D eigenvalue weighted by molar-refractivity contribution is 5.00. The van der Waals surface area contributed by atoms with Crippen molar-refractivity contribution in [2.24, 2.45) is 5.92 Å². The van der Waals surface area contributed by atoms with Crippen molar-refractivity contribution in [1.82, 2.24) is 4.90 Å². The topological polar surface area (TPSA) is 3.24 Å². The molecular weight excluding hydrogens is 170 g/mol. The van der Waals surface area contributed by atoms with Crippen molar-refractivity contribution in [2.75, 3.05) is 13.1 Å². The van der Waals surface area contributed by atoms with Gasteiger partial charge < -0.3 is 0 Å². The average Bonchev–Trinajstić information content (AvgIpc) is 2.65. The molecule has 0 radical (unpaired) electrons. The molecule has 2 heterocycles. The highest BCUT2D eigenvalue weighted by Gasteiger charge is 2.43. The Morgan fingerprint density at radius 1 is 1.07 bits per heavy atom. The van der Waals surface area contributed by atoms with Gasteiger partial charge in [0.2, 0.25) is 0 Å². The highest BCUT2D eigenvalue weighted by Crippen LogP contribution is 2.42. The van der Waals surface area contributed by atoms with Gasteiger partial charge in [0.15, 0.2) is 0 Å². The molecule has 0 atom stereocenters. The lowest BCUT2D eigenvalue weighted by Crippen LogP contribution is -2.39. The Bertz CT molecular complexity index is 153. The quantitative estimate of drug-likeness (QED) is 0.652. The lowest BCUT2D eigenvalue weighted by Gasteiger charge is -2.33. The number of nitrogens with zero attached hydrogens (tertiary/aromatic N) is 1. The molecule has 14 heavy (non-hydrogen) atoms. The van der Waals surface area contributed by atoms with Crippen LogP contribution in [0.2, 0.25) is 0 Å². The fourth-order valence-electron chi connectivity index (χ4n) is 3.32. The summed E-state index contributed by atoms with van der Waals surface area (Å²) in [5, 5.41) is 0. The normalized spacial score (nSPS) is 24.6. The minimum absolute atomic E-state index is 0.661. The van der Waals surface area contributed by atoms with E-state index in [2.05, 4.69) is 18.7 Å². The maximum atomic E-state index is 2.76. The Kier molecular flexibility index (Phi) is 4.43. The molecule has 0 N–H and O–H groups in total. The molecule has 2 rings (SSSR count). The van der Waals surface area contributed by atoms with E-state index in [1.165, 1.54) is 45.2 Å². The van der Waals surface area contributed by atoms with Gasteiger partial charge in [0, 0.05) is 5.54 Å². The second kappa shape index (κ2) is 5.16. The van der Waals surface area contributed by atoms with E-state index in [-0.39, 0.29) is 0 Å². The number of hydrogen-bond acceptors (Lipinski definition) is 1. The van der Waals surface area contributed by atoms with Crippen LogP contribution in [0.3, 0.4) is 0 Å². The van der Waals surface area contributed by atoms with Crippen LogP contribution in [-0.4, -0.2) is 23.5 Å². The zero-order valence-corrected chi connectivity index (χ0v) is 10.5. The first-order chi connectivity index (χ1) is 6.73. The largest absolute Gasteiger partial charge is 0.298 e. The third-order valence-corrected chi connectivity index (χ3v) is 3.60. The molecule has 1 nitrogen and oxygen atoms in total. The third kappa shape index (κ3) is 2.31. The first-order valence-electron chi connectivity index (χ1n) is 6.48. The van der Waals surface area contributed by atoms with Gasteiger partial charge in [-0.15, -0.1) is 0 Å². The second-order valence-electron chi connectivity index (χ2n) is 5.02. The Labute approximate surface area is 89.9 Å². The Balaban J connectivity index is 0.000000461. The summed E-state index contributed by atoms with van der Waals surface area (Å²) >= 11 is 0. The summed E-state index contributed by atoms with van der Waals surface area (Å²) in [5.74, 6) is 0.878. The van der Waals surface area contributed by atoms with Crippen molar-refractivity contribution >= 4 is 0 Å². The van der Waals surface area contributed by atoms with E-state index in [1.54, 1.807) is 0 Å². The zero-order chi connectivity index (χ0) is 10.6. The van der Waals surface area contributed by atoms with Crippen LogP contribution >= 0.6 is 0 Å². The first-order valence-corrected chi connectivity index (χ1v) is 6.48. The molecule has 0 bridgehead atoms. The predicted octanol–water partition coefficient (Wildman–Crippen LogP) is 3.69. The zero-order valence-electron chi connectivity index (χ0n) is 10.5. The highest BCUT2D eigenvalue weighted by atomic mass is 15.2. The van der Waals surface area contributed by atoms with Gasteiger partial charge in [-0.2, -0.15) is 0 Å². The Morgan fingerprint density at radius 2 is 1.57 bits per heavy atom. The predicted molar refractivity (Wildman–Crippen MR) is 63.6 cm³/mol. The van der Waals surface area contributed by atoms with Crippen LogP contribution in [0.5, 0.6) is 0 Å². The summed E-state index contributed by atoms with van der Waals surface area (Å²) in [6.45, 7) is 11.5. The van der Waals surface area contributed by atoms with Crippen molar-refractivity contribution in [2.45, 2.75) is 65.3 Å². The van der Waals surface area contributed by atoms with Crippen LogP contribution in [0.1, 0.15) is 59.8 Å². The van der Waals surface area contributed by atoms with Gasteiger partial charge in [-0.3, -0.25) is 4.90 Å². The fourth-order valence-corrected chi connectivity index (χ4v) is 3.32. The standard InChI is InChI=1S/C11H21N.C2H6/c1-10(2)9-11-5-3-7-12(11)8-4-6-11;1-2/h10H,3-9H2,1-2H3;1-2H3.